The number of carbonyl (C=O) groups excluding carboxylic acids is 1. The van der Waals surface area contributed by atoms with Crippen molar-refractivity contribution in [1.82, 2.24) is 5.32 Å². The number of carbonyl (C=O) groups is 1. The molecular formula is C14H11Cl3N2O. The summed E-state index contributed by atoms with van der Waals surface area (Å²) < 4.78 is 0. The highest BCUT2D eigenvalue weighted by molar-refractivity contribution is 6.39. The summed E-state index contributed by atoms with van der Waals surface area (Å²) in [6.45, 7) is 0.313. The first-order valence-electron chi connectivity index (χ1n) is 5.80. The first kappa shape index (κ1) is 15.0. The van der Waals surface area contributed by atoms with Gasteiger partial charge in [-0.05, 0) is 23.8 Å². The van der Waals surface area contributed by atoms with E-state index in [4.69, 9.17) is 34.8 Å². The van der Waals surface area contributed by atoms with E-state index in [9.17, 15) is 4.79 Å². The Kier molecular flexibility index (Phi) is 5.12. The van der Waals surface area contributed by atoms with Crippen molar-refractivity contribution in [3.8, 4) is 0 Å². The highest BCUT2D eigenvalue weighted by Gasteiger charge is 2.09. The summed E-state index contributed by atoms with van der Waals surface area (Å²) in [6, 6.07) is 11.9. The third kappa shape index (κ3) is 3.79. The van der Waals surface area contributed by atoms with Crippen molar-refractivity contribution in [2.75, 3.05) is 5.32 Å². The maximum atomic E-state index is 11.8. The Hall–Kier alpha value is -1.42. The fraction of sp³-hybridized carbons (Fsp3) is 0.0714. The topological polar surface area (TPSA) is 41.1 Å². The Labute approximate surface area is 131 Å². The van der Waals surface area contributed by atoms with Crippen LogP contribution >= 0.6 is 34.8 Å². The Bertz CT molecular complexity index is 611. The van der Waals surface area contributed by atoms with Crippen molar-refractivity contribution in [2.45, 2.75) is 6.54 Å². The van der Waals surface area contributed by atoms with Gasteiger partial charge in [-0.1, -0.05) is 59.1 Å². The van der Waals surface area contributed by atoms with E-state index in [2.05, 4.69) is 10.6 Å². The quantitative estimate of drug-likeness (QED) is 0.820. The Morgan fingerprint density at radius 2 is 1.50 bits per heavy atom. The average molecular weight is 330 g/mol. The SMILES string of the molecule is O=C(NCc1ccccc1Cl)Nc1c(Cl)cccc1Cl. The molecule has 2 amide bonds. The van der Waals surface area contributed by atoms with Crippen LogP contribution in [-0.4, -0.2) is 6.03 Å². The molecule has 0 fully saturated rings. The summed E-state index contributed by atoms with van der Waals surface area (Å²) in [7, 11) is 0. The van der Waals surface area contributed by atoms with Crippen molar-refractivity contribution in [1.29, 1.82) is 0 Å². The van der Waals surface area contributed by atoms with Gasteiger partial charge in [0.2, 0.25) is 0 Å². The van der Waals surface area contributed by atoms with Crippen LogP contribution in [-0.2, 0) is 6.54 Å². The van der Waals surface area contributed by atoms with Gasteiger partial charge in [0.25, 0.3) is 0 Å². The third-order valence-electron chi connectivity index (χ3n) is 2.60. The van der Waals surface area contributed by atoms with E-state index in [1.807, 2.05) is 18.2 Å². The minimum atomic E-state index is -0.403. The lowest BCUT2D eigenvalue weighted by Crippen LogP contribution is -2.28. The van der Waals surface area contributed by atoms with Crippen molar-refractivity contribution in [3.63, 3.8) is 0 Å². The number of para-hydroxylation sites is 1. The molecule has 0 aromatic heterocycles. The molecule has 0 aliphatic carbocycles. The first-order chi connectivity index (χ1) is 9.58. The summed E-state index contributed by atoms with van der Waals surface area (Å²) in [4.78, 5) is 11.8. The molecule has 0 atom stereocenters. The number of benzene rings is 2. The molecule has 0 heterocycles. The van der Waals surface area contributed by atoms with Gasteiger partial charge >= 0.3 is 6.03 Å². The number of halogens is 3. The van der Waals surface area contributed by atoms with Gasteiger partial charge in [-0.2, -0.15) is 0 Å². The van der Waals surface area contributed by atoms with E-state index in [0.717, 1.165) is 5.56 Å². The zero-order valence-electron chi connectivity index (χ0n) is 10.3. The number of nitrogens with one attached hydrogen (secondary N) is 2. The predicted octanol–water partition coefficient (Wildman–Crippen LogP) is 4.97. The van der Waals surface area contributed by atoms with Crippen LogP contribution in [0.15, 0.2) is 42.5 Å². The summed E-state index contributed by atoms with van der Waals surface area (Å²) in [5.41, 5.74) is 1.21. The molecule has 6 heteroatoms. The van der Waals surface area contributed by atoms with Crippen LogP contribution in [0.25, 0.3) is 0 Å². The summed E-state index contributed by atoms with van der Waals surface area (Å²) >= 11 is 17.9. The van der Waals surface area contributed by atoms with Crippen molar-refractivity contribution in [3.05, 3.63) is 63.1 Å². The van der Waals surface area contributed by atoms with E-state index in [1.54, 1.807) is 24.3 Å². The second kappa shape index (κ2) is 6.84. The number of hydrogen-bond donors (Lipinski definition) is 2. The zero-order valence-corrected chi connectivity index (χ0v) is 12.6. The van der Waals surface area contributed by atoms with E-state index in [0.29, 0.717) is 27.3 Å². The molecule has 104 valence electrons. The Balaban J connectivity index is 1.98. The third-order valence-corrected chi connectivity index (χ3v) is 3.60. The van der Waals surface area contributed by atoms with E-state index in [1.165, 1.54) is 0 Å². The van der Waals surface area contributed by atoms with Crippen LogP contribution in [0.4, 0.5) is 10.5 Å². The maximum Gasteiger partial charge on any atom is 0.319 e. The standard InChI is InChI=1S/C14H11Cl3N2O/c15-10-5-2-1-4-9(10)8-18-14(20)19-13-11(16)6-3-7-12(13)17/h1-7H,8H2,(H2,18,19,20). The Morgan fingerprint density at radius 3 is 2.15 bits per heavy atom. The van der Waals surface area contributed by atoms with Crippen LogP contribution in [0, 0.1) is 0 Å². The predicted molar refractivity (Wildman–Crippen MR) is 83.8 cm³/mol. The van der Waals surface area contributed by atoms with Gasteiger partial charge in [-0.25, -0.2) is 4.79 Å². The van der Waals surface area contributed by atoms with Crippen molar-refractivity contribution in [2.24, 2.45) is 0 Å². The van der Waals surface area contributed by atoms with E-state index >= 15 is 0 Å². The number of urea groups is 1. The van der Waals surface area contributed by atoms with Crippen LogP contribution in [0.5, 0.6) is 0 Å². The molecule has 0 aliphatic rings. The van der Waals surface area contributed by atoms with E-state index in [-0.39, 0.29) is 0 Å². The minimum Gasteiger partial charge on any atom is -0.334 e. The number of amides is 2. The second-order valence-corrected chi connectivity index (χ2v) is 5.22. The van der Waals surface area contributed by atoms with Gasteiger partial charge in [0.05, 0.1) is 15.7 Å². The Morgan fingerprint density at radius 1 is 0.900 bits per heavy atom. The molecule has 3 nitrogen and oxygen atoms in total. The molecule has 0 saturated carbocycles. The molecule has 2 aromatic rings. The second-order valence-electron chi connectivity index (χ2n) is 4.00. The fourth-order valence-corrected chi connectivity index (χ4v) is 2.29. The molecule has 20 heavy (non-hydrogen) atoms. The molecule has 0 saturated heterocycles. The van der Waals surface area contributed by atoms with Crippen molar-refractivity contribution >= 4 is 46.5 Å². The highest BCUT2D eigenvalue weighted by atomic mass is 35.5. The molecule has 0 unspecified atom stereocenters. The maximum absolute atomic E-state index is 11.8. The van der Waals surface area contributed by atoms with Gasteiger partial charge in [-0.3, -0.25) is 0 Å². The van der Waals surface area contributed by atoms with Gasteiger partial charge in [0.15, 0.2) is 0 Å². The van der Waals surface area contributed by atoms with Crippen LogP contribution in [0.2, 0.25) is 15.1 Å². The van der Waals surface area contributed by atoms with Crippen LogP contribution < -0.4 is 10.6 Å². The monoisotopic (exact) mass is 328 g/mol. The molecule has 0 aliphatic heterocycles. The largest absolute Gasteiger partial charge is 0.334 e. The van der Waals surface area contributed by atoms with Gasteiger partial charge < -0.3 is 10.6 Å². The molecule has 0 radical (unpaired) electrons. The molecule has 0 spiro atoms. The highest BCUT2D eigenvalue weighted by Crippen LogP contribution is 2.29. The summed E-state index contributed by atoms with van der Waals surface area (Å²) in [5, 5.41) is 6.66. The smallest absolute Gasteiger partial charge is 0.319 e. The molecule has 2 N–H and O–H groups in total. The molecular weight excluding hydrogens is 319 g/mol. The average Bonchev–Trinajstić information content (AvgIpc) is 2.42. The lowest BCUT2D eigenvalue weighted by atomic mass is 10.2. The molecule has 2 rings (SSSR count). The van der Waals surface area contributed by atoms with Gasteiger partial charge in [0, 0.05) is 11.6 Å². The lowest BCUT2D eigenvalue weighted by Gasteiger charge is -2.11. The molecule has 0 bridgehead atoms. The normalized spacial score (nSPS) is 10.2. The summed E-state index contributed by atoms with van der Waals surface area (Å²) in [6.07, 6.45) is 0. The number of rotatable bonds is 3. The first-order valence-corrected chi connectivity index (χ1v) is 6.93. The van der Waals surface area contributed by atoms with Crippen LogP contribution in [0.3, 0.4) is 0 Å². The van der Waals surface area contributed by atoms with E-state index < -0.39 is 6.03 Å². The van der Waals surface area contributed by atoms with Gasteiger partial charge in [-0.15, -0.1) is 0 Å². The zero-order chi connectivity index (χ0) is 14.5. The fourth-order valence-electron chi connectivity index (χ4n) is 1.59. The lowest BCUT2D eigenvalue weighted by molar-refractivity contribution is 0.251. The number of hydrogen-bond acceptors (Lipinski definition) is 1. The van der Waals surface area contributed by atoms with Gasteiger partial charge in [0.1, 0.15) is 0 Å². The van der Waals surface area contributed by atoms with Crippen LogP contribution in [0.1, 0.15) is 5.56 Å². The molecule has 2 aromatic carbocycles. The summed E-state index contributed by atoms with van der Waals surface area (Å²) in [5.74, 6) is 0. The number of anilines is 1. The van der Waals surface area contributed by atoms with Crippen molar-refractivity contribution < 1.29 is 4.79 Å². The minimum absolute atomic E-state index is 0.313.